The molecule has 2 fully saturated rings. The molecule has 2 aliphatic rings. The van der Waals surface area contributed by atoms with Gasteiger partial charge >= 0.3 is 6.03 Å². The lowest BCUT2D eigenvalue weighted by molar-refractivity contribution is 0.0985. The number of H-pyrrole nitrogens is 1. The van der Waals surface area contributed by atoms with Crippen LogP contribution in [-0.4, -0.2) is 78.3 Å². The van der Waals surface area contributed by atoms with Crippen LogP contribution in [0.1, 0.15) is 31.7 Å². The molecule has 2 aliphatic heterocycles. The maximum Gasteiger partial charge on any atom is 0.324 e. The summed E-state index contributed by atoms with van der Waals surface area (Å²) in [5.74, 6) is 2.09. The normalized spacial score (nSPS) is 17.9. The highest BCUT2D eigenvalue weighted by Gasteiger charge is 2.24. The highest BCUT2D eigenvalue weighted by Crippen LogP contribution is 2.34. The molecule has 194 valence electrons. The summed E-state index contributed by atoms with van der Waals surface area (Å²) in [7, 11) is 1.83. The minimum atomic E-state index is 0.0335. The van der Waals surface area contributed by atoms with Crippen molar-refractivity contribution < 1.29 is 9.53 Å². The van der Waals surface area contributed by atoms with Crippen molar-refractivity contribution in [2.75, 3.05) is 55.0 Å². The van der Waals surface area contributed by atoms with Gasteiger partial charge in [0.1, 0.15) is 17.5 Å². The molecule has 2 aromatic heterocycles. The smallest absolute Gasteiger partial charge is 0.324 e. The summed E-state index contributed by atoms with van der Waals surface area (Å²) in [4.78, 5) is 23.8. The lowest BCUT2D eigenvalue weighted by Crippen LogP contribution is -2.44. The van der Waals surface area contributed by atoms with E-state index in [1.165, 1.54) is 12.6 Å². The molecule has 1 aromatic carbocycles. The predicted molar refractivity (Wildman–Crippen MR) is 146 cm³/mol. The van der Waals surface area contributed by atoms with E-state index in [4.69, 9.17) is 15.1 Å². The number of urea groups is 1. The second kappa shape index (κ2) is 11.0. The molecule has 10 nitrogen and oxygen atoms in total. The van der Waals surface area contributed by atoms with Crippen LogP contribution in [0.2, 0.25) is 0 Å². The standard InChI is InChI=1S/C27H34N8O2/c1-19-18-37-15-14-35(19)25-16-22(23(17-28)26(31-25)30-24-10-11-29-32-24)20-6-8-21(9-7-20)33(2)27(36)34-12-4-3-5-13-34/h6-11,16-17,19,28H,3-5,12-15,18H2,1-2H3,(H2,29,30,31,32)/t19-/m1/s1. The fourth-order valence-corrected chi connectivity index (χ4v) is 4.96. The predicted octanol–water partition coefficient (Wildman–Crippen LogP) is 4.48. The Morgan fingerprint density at radius 3 is 2.65 bits per heavy atom. The Balaban J connectivity index is 1.49. The Bertz CT molecular complexity index is 1220. The summed E-state index contributed by atoms with van der Waals surface area (Å²) in [6.45, 7) is 5.77. The Morgan fingerprint density at radius 1 is 1.19 bits per heavy atom. The van der Waals surface area contributed by atoms with Crippen molar-refractivity contribution in [1.29, 1.82) is 5.41 Å². The van der Waals surface area contributed by atoms with Crippen molar-refractivity contribution in [3.63, 3.8) is 0 Å². The van der Waals surface area contributed by atoms with E-state index in [1.807, 2.05) is 48.3 Å². The molecule has 1 atom stereocenters. The van der Waals surface area contributed by atoms with E-state index in [1.54, 1.807) is 11.1 Å². The molecule has 5 rings (SSSR count). The molecule has 10 heteroatoms. The van der Waals surface area contributed by atoms with E-state index in [9.17, 15) is 4.79 Å². The molecule has 0 aliphatic carbocycles. The van der Waals surface area contributed by atoms with Crippen molar-refractivity contribution in [1.82, 2.24) is 20.1 Å². The summed E-state index contributed by atoms with van der Waals surface area (Å²) in [6.07, 6.45) is 6.30. The molecular formula is C27H34N8O2. The van der Waals surface area contributed by atoms with Gasteiger partial charge in [0.2, 0.25) is 0 Å². The van der Waals surface area contributed by atoms with Crippen LogP contribution in [0.15, 0.2) is 42.6 Å². The monoisotopic (exact) mass is 502 g/mol. The minimum absolute atomic E-state index is 0.0335. The number of ether oxygens (including phenoxy) is 1. The van der Waals surface area contributed by atoms with E-state index in [0.717, 1.165) is 55.1 Å². The summed E-state index contributed by atoms with van der Waals surface area (Å²) in [6, 6.07) is 12.0. The van der Waals surface area contributed by atoms with Gasteiger partial charge in [0.25, 0.3) is 0 Å². The zero-order valence-corrected chi connectivity index (χ0v) is 21.4. The third kappa shape index (κ3) is 5.29. The molecule has 37 heavy (non-hydrogen) atoms. The molecule has 0 radical (unpaired) electrons. The van der Waals surface area contributed by atoms with Crippen molar-refractivity contribution >= 4 is 35.4 Å². The number of piperidine rings is 1. The molecule has 0 saturated carbocycles. The van der Waals surface area contributed by atoms with Crippen LogP contribution in [0, 0.1) is 5.41 Å². The van der Waals surface area contributed by atoms with Gasteiger partial charge in [-0.3, -0.25) is 10.00 Å². The third-order valence-corrected chi connectivity index (χ3v) is 7.08. The quantitative estimate of drug-likeness (QED) is 0.428. The van der Waals surface area contributed by atoms with Gasteiger partial charge in [0.15, 0.2) is 0 Å². The fraction of sp³-hybridized carbons (Fsp3) is 0.407. The minimum Gasteiger partial charge on any atom is -0.377 e. The number of nitrogens with zero attached hydrogens (tertiary/aromatic N) is 5. The number of aromatic amines is 1. The number of anilines is 4. The highest BCUT2D eigenvalue weighted by molar-refractivity contribution is 5.97. The molecule has 0 unspecified atom stereocenters. The largest absolute Gasteiger partial charge is 0.377 e. The van der Waals surface area contributed by atoms with E-state index in [2.05, 4.69) is 27.3 Å². The lowest BCUT2D eigenvalue weighted by atomic mass is 10.00. The number of morpholine rings is 1. The zero-order chi connectivity index (χ0) is 25.8. The SMILES string of the molecule is C[C@@H]1COCCN1c1cc(-c2ccc(N(C)C(=O)N3CCCCC3)cc2)c(C=N)c(Nc2ccn[nH]2)n1. The lowest BCUT2D eigenvalue weighted by Gasteiger charge is -2.35. The Kier molecular flexibility index (Phi) is 7.36. The molecular weight excluding hydrogens is 468 g/mol. The first-order valence-corrected chi connectivity index (χ1v) is 12.8. The molecule has 0 bridgehead atoms. The van der Waals surface area contributed by atoms with Gasteiger partial charge in [-0.15, -0.1) is 0 Å². The van der Waals surface area contributed by atoms with E-state index >= 15 is 0 Å². The number of hydrogen-bond donors (Lipinski definition) is 3. The second-order valence-electron chi connectivity index (χ2n) is 9.58. The first kappa shape index (κ1) is 24.8. The maximum absolute atomic E-state index is 13.0. The number of carbonyl (C=O) groups is 1. The Hall–Kier alpha value is -3.92. The van der Waals surface area contributed by atoms with Gasteiger partial charge < -0.3 is 25.3 Å². The van der Waals surface area contributed by atoms with Gasteiger partial charge in [-0.05, 0) is 55.5 Å². The fourth-order valence-electron chi connectivity index (χ4n) is 4.96. The van der Waals surface area contributed by atoms with Gasteiger partial charge in [0.05, 0.1) is 25.5 Å². The number of carbonyl (C=O) groups excluding carboxylic acids is 1. The number of pyridine rings is 1. The topological polar surface area (TPSA) is 113 Å². The van der Waals surface area contributed by atoms with Crippen LogP contribution in [0.4, 0.5) is 27.9 Å². The average Bonchev–Trinajstić information content (AvgIpc) is 3.46. The first-order valence-electron chi connectivity index (χ1n) is 12.8. The van der Waals surface area contributed by atoms with Crippen LogP contribution in [0.5, 0.6) is 0 Å². The van der Waals surface area contributed by atoms with Crippen LogP contribution in [0.25, 0.3) is 11.1 Å². The van der Waals surface area contributed by atoms with E-state index in [-0.39, 0.29) is 12.1 Å². The van der Waals surface area contributed by atoms with Crippen LogP contribution >= 0.6 is 0 Å². The highest BCUT2D eigenvalue weighted by atomic mass is 16.5. The van der Waals surface area contributed by atoms with E-state index in [0.29, 0.717) is 30.4 Å². The molecule has 3 aromatic rings. The number of benzene rings is 1. The molecule has 4 heterocycles. The molecule has 0 spiro atoms. The molecule has 2 amide bonds. The van der Waals surface area contributed by atoms with Gasteiger partial charge in [-0.25, -0.2) is 9.78 Å². The Morgan fingerprint density at radius 2 is 1.97 bits per heavy atom. The number of rotatable bonds is 6. The third-order valence-electron chi connectivity index (χ3n) is 7.08. The van der Waals surface area contributed by atoms with Gasteiger partial charge in [-0.2, -0.15) is 5.10 Å². The number of likely N-dealkylation sites (tertiary alicyclic amines) is 1. The number of hydrogen-bond acceptors (Lipinski definition) is 7. The van der Waals surface area contributed by atoms with Crippen molar-refractivity contribution in [2.24, 2.45) is 0 Å². The summed E-state index contributed by atoms with van der Waals surface area (Å²) in [5, 5.41) is 18.4. The number of nitrogens with one attached hydrogen (secondary N) is 3. The van der Waals surface area contributed by atoms with Crippen molar-refractivity contribution in [3.8, 4) is 11.1 Å². The van der Waals surface area contributed by atoms with Gasteiger partial charge in [-0.1, -0.05) is 12.1 Å². The van der Waals surface area contributed by atoms with E-state index < -0.39 is 0 Å². The average molecular weight is 503 g/mol. The van der Waals surface area contributed by atoms with Crippen LogP contribution < -0.4 is 15.1 Å². The maximum atomic E-state index is 13.0. The second-order valence-corrected chi connectivity index (χ2v) is 9.58. The summed E-state index contributed by atoms with van der Waals surface area (Å²) in [5.41, 5.74) is 3.34. The summed E-state index contributed by atoms with van der Waals surface area (Å²) >= 11 is 0. The van der Waals surface area contributed by atoms with Gasteiger partial charge in [0, 0.05) is 50.2 Å². The zero-order valence-electron chi connectivity index (χ0n) is 21.4. The van der Waals surface area contributed by atoms with Crippen molar-refractivity contribution in [2.45, 2.75) is 32.2 Å². The summed E-state index contributed by atoms with van der Waals surface area (Å²) < 4.78 is 5.64. The molecule has 3 N–H and O–H groups in total. The van der Waals surface area contributed by atoms with Crippen LogP contribution in [-0.2, 0) is 4.74 Å². The number of aromatic nitrogens is 3. The first-order chi connectivity index (χ1) is 18.0. The number of amides is 2. The van der Waals surface area contributed by atoms with Crippen LogP contribution in [0.3, 0.4) is 0 Å². The van der Waals surface area contributed by atoms with Crippen molar-refractivity contribution in [3.05, 3.63) is 48.2 Å². The molecule has 2 saturated heterocycles. The Labute approximate surface area is 217 Å².